The van der Waals surface area contributed by atoms with E-state index in [1.165, 1.54) is 44.9 Å². The second-order valence-corrected chi connectivity index (χ2v) is 6.46. The van der Waals surface area contributed by atoms with E-state index in [0.717, 1.165) is 19.6 Å². The van der Waals surface area contributed by atoms with Crippen LogP contribution in [0.2, 0.25) is 0 Å². The zero-order chi connectivity index (χ0) is 14.4. The van der Waals surface area contributed by atoms with Crippen molar-refractivity contribution in [3.8, 4) is 0 Å². The highest BCUT2D eigenvalue weighted by Crippen LogP contribution is 2.22. The second-order valence-electron chi connectivity index (χ2n) is 6.46. The molecule has 116 valence electrons. The van der Waals surface area contributed by atoms with Crippen molar-refractivity contribution in [1.29, 1.82) is 0 Å². The molecule has 1 aliphatic heterocycles. The molecule has 0 radical (unpaired) electrons. The molecule has 20 heavy (non-hydrogen) atoms. The van der Waals surface area contributed by atoms with Gasteiger partial charge in [0.15, 0.2) is 0 Å². The van der Waals surface area contributed by atoms with E-state index >= 15 is 0 Å². The molecule has 1 saturated carbocycles. The molecular weight excluding hydrogens is 250 g/mol. The van der Waals surface area contributed by atoms with E-state index in [-0.39, 0.29) is 0 Å². The molecular formula is C16H31N3O. The Kier molecular flexibility index (Phi) is 6.30. The molecule has 0 aromatic rings. The average Bonchev–Trinajstić information content (AvgIpc) is 2.93. The Balaban J connectivity index is 1.78. The van der Waals surface area contributed by atoms with Crippen LogP contribution in [0, 0.1) is 0 Å². The quantitative estimate of drug-likeness (QED) is 0.807. The van der Waals surface area contributed by atoms with Crippen molar-refractivity contribution in [2.45, 2.75) is 64.0 Å². The van der Waals surface area contributed by atoms with Gasteiger partial charge in [-0.3, -0.25) is 9.69 Å². The molecule has 4 nitrogen and oxygen atoms in total. The smallest absolute Gasteiger partial charge is 0.236 e. The van der Waals surface area contributed by atoms with E-state index in [2.05, 4.69) is 29.1 Å². The van der Waals surface area contributed by atoms with Crippen LogP contribution in [0.3, 0.4) is 0 Å². The van der Waals surface area contributed by atoms with Crippen LogP contribution in [0.15, 0.2) is 0 Å². The fourth-order valence-electron chi connectivity index (χ4n) is 3.71. The monoisotopic (exact) mass is 281 g/mol. The van der Waals surface area contributed by atoms with Gasteiger partial charge in [0.25, 0.3) is 0 Å². The average molecular weight is 281 g/mol. The lowest BCUT2D eigenvalue weighted by Crippen LogP contribution is -2.47. The summed E-state index contributed by atoms with van der Waals surface area (Å²) in [6.07, 6.45) is 8.84. The topological polar surface area (TPSA) is 35.6 Å². The number of likely N-dealkylation sites (N-methyl/N-ethyl adjacent to an activating group) is 2. The normalized spacial score (nSPS) is 24.2. The summed E-state index contributed by atoms with van der Waals surface area (Å²) in [5.41, 5.74) is 0. The van der Waals surface area contributed by atoms with Gasteiger partial charge in [0.05, 0.1) is 6.54 Å². The highest BCUT2D eigenvalue weighted by molar-refractivity contribution is 5.78. The number of carbonyl (C=O) groups excluding carboxylic acids is 1. The van der Waals surface area contributed by atoms with Gasteiger partial charge in [-0.2, -0.15) is 0 Å². The number of nitrogens with one attached hydrogen (secondary N) is 1. The van der Waals surface area contributed by atoms with Crippen molar-refractivity contribution < 1.29 is 4.79 Å². The van der Waals surface area contributed by atoms with Gasteiger partial charge >= 0.3 is 0 Å². The van der Waals surface area contributed by atoms with Crippen LogP contribution in [0.1, 0.15) is 51.9 Å². The lowest BCUT2D eigenvalue weighted by atomic mass is 9.94. The molecule has 1 heterocycles. The van der Waals surface area contributed by atoms with Crippen molar-refractivity contribution in [3.63, 3.8) is 0 Å². The second kappa shape index (κ2) is 7.99. The van der Waals surface area contributed by atoms with Gasteiger partial charge in [-0.1, -0.05) is 19.3 Å². The summed E-state index contributed by atoms with van der Waals surface area (Å²) in [5.74, 6) is 0.319. The van der Waals surface area contributed by atoms with Crippen LogP contribution in [0.4, 0.5) is 0 Å². The SMILES string of the molecule is CCN(C(=O)CN(C)CC1CCCN1)C1CCCCC1. The van der Waals surface area contributed by atoms with E-state index in [1.54, 1.807) is 0 Å². The van der Waals surface area contributed by atoms with E-state index in [0.29, 0.717) is 24.5 Å². The molecule has 1 unspecified atom stereocenters. The van der Waals surface area contributed by atoms with Crippen molar-refractivity contribution >= 4 is 5.91 Å². The minimum absolute atomic E-state index is 0.319. The third-order valence-corrected chi connectivity index (χ3v) is 4.78. The first-order chi connectivity index (χ1) is 9.70. The van der Waals surface area contributed by atoms with Crippen LogP contribution < -0.4 is 5.32 Å². The van der Waals surface area contributed by atoms with E-state index in [1.807, 2.05) is 0 Å². The first kappa shape index (κ1) is 15.8. The predicted octanol–water partition coefficient (Wildman–Crippen LogP) is 1.85. The molecule has 1 N–H and O–H groups in total. The number of rotatable bonds is 6. The Morgan fingerprint density at radius 3 is 2.50 bits per heavy atom. The van der Waals surface area contributed by atoms with Crippen LogP contribution in [-0.4, -0.2) is 61.0 Å². The van der Waals surface area contributed by atoms with Crippen LogP contribution in [0.5, 0.6) is 0 Å². The maximum atomic E-state index is 12.5. The summed E-state index contributed by atoms with van der Waals surface area (Å²) < 4.78 is 0. The highest BCUT2D eigenvalue weighted by atomic mass is 16.2. The molecule has 1 amide bonds. The molecule has 0 bridgehead atoms. The number of hydrogen-bond acceptors (Lipinski definition) is 3. The van der Waals surface area contributed by atoms with Gasteiger partial charge in [0, 0.05) is 25.2 Å². The molecule has 0 aromatic heterocycles. The molecule has 1 aliphatic carbocycles. The third-order valence-electron chi connectivity index (χ3n) is 4.78. The summed E-state index contributed by atoms with van der Waals surface area (Å²) in [5, 5.41) is 3.50. The molecule has 2 fully saturated rings. The summed E-state index contributed by atoms with van der Waals surface area (Å²) >= 11 is 0. The van der Waals surface area contributed by atoms with Gasteiger partial charge in [-0.05, 0) is 46.2 Å². The zero-order valence-electron chi connectivity index (χ0n) is 13.2. The molecule has 2 aliphatic rings. The summed E-state index contributed by atoms with van der Waals surface area (Å²) in [4.78, 5) is 16.8. The molecule has 2 rings (SSSR count). The first-order valence-corrected chi connectivity index (χ1v) is 8.42. The number of hydrogen-bond donors (Lipinski definition) is 1. The summed E-state index contributed by atoms with van der Waals surface area (Å²) in [6, 6.07) is 1.08. The van der Waals surface area contributed by atoms with E-state index in [4.69, 9.17) is 0 Å². The maximum absolute atomic E-state index is 12.5. The Morgan fingerprint density at radius 2 is 1.90 bits per heavy atom. The third kappa shape index (κ3) is 4.45. The van der Waals surface area contributed by atoms with Crippen molar-refractivity contribution in [2.24, 2.45) is 0 Å². The number of carbonyl (C=O) groups is 1. The number of nitrogens with zero attached hydrogens (tertiary/aromatic N) is 2. The first-order valence-electron chi connectivity index (χ1n) is 8.42. The van der Waals surface area contributed by atoms with Gasteiger partial charge in [0.2, 0.25) is 5.91 Å². The fraction of sp³-hybridized carbons (Fsp3) is 0.938. The van der Waals surface area contributed by atoms with Gasteiger partial charge in [-0.25, -0.2) is 0 Å². The van der Waals surface area contributed by atoms with Crippen LogP contribution in [0.25, 0.3) is 0 Å². The lowest BCUT2D eigenvalue weighted by Gasteiger charge is -2.35. The van der Waals surface area contributed by atoms with E-state index < -0.39 is 0 Å². The molecule has 0 aromatic carbocycles. The van der Waals surface area contributed by atoms with Crippen LogP contribution >= 0.6 is 0 Å². The standard InChI is InChI=1S/C16H31N3O/c1-3-19(15-9-5-4-6-10-15)16(20)13-18(2)12-14-8-7-11-17-14/h14-15,17H,3-13H2,1-2H3. The summed E-state index contributed by atoms with van der Waals surface area (Å²) in [6.45, 7) is 5.68. The number of amides is 1. The Bertz CT molecular complexity index is 296. The van der Waals surface area contributed by atoms with Crippen LogP contribution in [-0.2, 0) is 4.79 Å². The van der Waals surface area contributed by atoms with Crippen molar-refractivity contribution in [2.75, 3.05) is 33.2 Å². The van der Waals surface area contributed by atoms with Crippen molar-refractivity contribution in [3.05, 3.63) is 0 Å². The van der Waals surface area contributed by atoms with Gasteiger partial charge in [-0.15, -0.1) is 0 Å². The highest BCUT2D eigenvalue weighted by Gasteiger charge is 2.25. The minimum atomic E-state index is 0.319. The molecule has 0 spiro atoms. The minimum Gasteiger partial charge on any atom is -0.339 e. The van der Waals surface area contributed by atoms with Crippen molar-refractivity contribution in [1.82, 2.24) is 15.1 Å². The maximum Gasteiger partial charge on any atom is 0.236 e. The molecule has 4 heteroatoms. The zero-order valence-corrected chi connectivity index (χ0v) is 13.2. The Morgan fingerprint density at radius 1 is 1.15 bits per heavy atom. The van der Waals surface area contributed by atoms with Gasteiger partial charge < -0.3 is 10.2 Å². The summed E-state index contributed by atoms with van der Waals surface area (Å²) in [7, 11) is 2.08. The Labute approximate surface area is 123 Å². The predicted molar refractivity (Wildman–Crippen MR) is 82.8 cm³/mol. The fourth-order valence-corrected chi connectivity index (χ4v) is 3.71. The molecule has 1 saturated heterocycles. The van der Waals surface area contributed by atoms with E-state index in [9.17, 15) is 4.79 Å². The van der Waals surface area contributed by atoms with Gasteiger partial charge in [0.1, 0.15) is 0 Å². The Hall–Kier alpha value is -0.610. The lowest BCUT2D eigenvalue weighted by molar-refractivity contribution is -0.134. The largest absolute Gasteiger partial charge is 0.339 e. The molecule has 1 atom stereocenters.